The number of rotatable bonds is 3. The molecule has 0 radical (unpaired) electrons. The fraction of sp³-hybridized carbons (Fsp3) is 0.630. The molecule has 1 atom stereocenters. The fourth-order valence-corrected chi connectivity index (χ4v) is 6.02. The number of hydrogen-bond acceptors (Lipinski definition) is 6. The highest BCUT2D eigenvalue weighted by atomic mass is 16.5. The van der Waals surface area contributed by atoms with E-state index in [2.05, 4.69) is 32.5 Å². The van der Waals surface area contributed by atoms with Gasteiger partial charge in [0.25, 0.3) is 0 Å². The lowest BCUT2D eigenvalue weighted by Gasteiger charge is -2.41. The number of ether oxygens (including phenoxy) is 1. The zero-order valence-electron chi connectivity index (χ0n) is 21.3. The third-order valence-corrected chi connectivity index (χ3v) is 8.28. The normalized spacial score (nSPS) is 23.3. The van der Waals surface area contributed by atoms with Gasteiger partial charge in [-0.05, 0) is 63.2 Å². The Kier molecular flexibility index (Phi) is 7.55. The van der Waals surface area contributed by atoms with E-state index in [0.717, 1.165) is 76.2 Å². The predicted octanol–water partition coefficient (Wildman–Crippen LogP) is 2.13. The summed E-state index contributed by atoms with van der Waals surface area (Å²) >= 11 is 0. The molecule has 1 N–H and O–H groups in total. The Morgan fingerprint density at radius 1 is 1.17 bits per heavy atom. The van der Waals surface area contributed by atoms with E-state index in [-0.39, 0.29) is 23.1 Å². The van der Waals surface area contributed by atoms with Crippen LogP contribution in [0.2, 0.25) is 0 Å². The lowest BCUT2D eigenvalue weighted by Crippen LogP contribution is -2.51. The van der Waals surface area contributed by atoms with Crippen LogP contribution in [0.3, 0.4) is 0 Å². The molecule has 1 spiro atoms. The first-order valence-electron chi connectivity index (χ1n) is 13.4. The summed E-state index contributed by atoms with van der Waals surface area (Å²) in [6.45, 7) is 4.44. The molecular weight excluding hydrogens is 456 g/mol. The molecule has 36 heavy (non-hydrogen) atoms. The van der Waals surface area contributed by atoms with Crippen LogP contribution >= 0.6 is 0 Å². The molecule has 0 aliphatic carbocycles. The Morgan fingerprint density at radius 3 is 2.81 bits per heavy atom. The van der Waals surface area contributed by atoms with Gasteiger partial charge in [-0.15, -0.1) is 10.2 Å². The summed E-state index contributed by atoms with van der Waals surface area (Å²) < 4.78 is 7.90. The zero-order valence-corrected chi connectivity index (χ0v) is 21.3. The molecule has 9 nitrogen and oxygen atoms in total. The number of likely N-dealkylation sites (tertiary alicyclic amines) is 2. The molecule has 4 heterocycles. The Bertz CT molecular complexity index is 1060. The quantitative estimate of drug-likeness (QED) is 0.703. The highest BCUT2D eigenvalue weighted by molar-refractivity contribution is 5.83. The van der Waals surface area contributed by atoms with Crippen LogP contribution in [0.4, 0.5) is 0 Å². The topological polar surface area (TPSA) is 92.6 Å². The number of amides is 2. The monoisotopic (exact) mass is 494 g/mol. The number of nitrogens with zero attached hydrogens (tertiary/aromatic N) is 5. The second-order valence-corrected chi connectivity index (χ2v) is 10.6. The minimum Gasteiger partial charge on any atom is -0.491 e. The number of carbonyl (C=O) groups is 2. The van der Waals surface area contributed by atoms with Crippen LogP contribution in [0, 0.1) is 5.41 Å². The minimum absolute atomic E-state index is 0.150. The van der Waals surface area contributed by atoms with Crippen LogP contribution in [-0.2, 0) is 23.1 Å². The van der Waals surface area contributed by atoms with Crippen molar-refractivity contribution in [1.29, 1.82) is 0 Å². The van der Waals surface area contributed by atoms with Gasteiger partial charge in [-0.3, -0.25) is 14.5 Å². The first-order valence-corrected chi connectivity index (χ1v) is 13.4. The summed E-state index contributed by atoms with van der Waals surface area (Å²) in [5, 5.41) is 11.4. The van der Waals surface area contributed by atoms with Gasteiger partial charge in [0.05, 0.1) is 18.5 Å². The SMILES string of the molecule is Cn1cnnc1C1CCN(C(=O)CN2CCC3(CCCCc4ccccc4OCCNC3=O)CC2)C1. The first kappa shape index (κ1) is 24.7. The van der Waals surface area contributed by atoms with E-state index < -0.39 is 0 Å². The maximum atomic E-state index is 13.3. The van der Waals surface area contributed by atoms with E-state index in [1.807, 2.05) is 28.6 Å². The van der Waals surface area contributed by atoms with Gasteiger partial charge in [-0.2, -0.15) is 0 Å². The van der Waals surface area contributed by atoms with Crippen LogP contribution < -0.4 is 10.1 Å². The van der Waals surface area contributed by atoms with Crippen molar-refractivity contribution in [2.45, 2.75) is 50.9 Å². The smallest absolute Gasteiger partial charge is 0.236 e. The molecule has 3 aliphatic heterocycles. The lowest BCUT2D eigenvalue weighted by molar-refractivity contribution is -0.136. The van der Waals surface area contributed by atoms with Gasteiger partial charge < -0.3 is 19.5 Å². The Hall–Kier alpha value is -2.94. The average molecular weight is 495 g/mol. The van der Waals surface area contributed by atoms with Gasteiger partial charge in [0.2, 0.25) is 11.8 Å². The average Bonchev–Trinajstić information content (AvgIpc) is 3.54. The van der Waals surface area contributed by atoms with Crippen molar-refractivity contribution in [3.8, 4) is 5.75 Å². The first-order chi connectivity index (χ1) is 17.5. The van der Waals surface area contributed by atoms with E-state index in [4.69, 9.17) is 4.74 Å². The standard InChI is InChI=1S/C27H38N6O3/c1-31-20-29-30-25(31)22-9-14-33(18-22)24(34)19-32-15-11-27(12-16-32)10-5-4-7-21-6-2-3-8-23(21)36-17-13-28-26(27)35/h2-3,6,8,20,22H,4-5,7,9-19H2,1H3,(H,28,35). The second kappa shape index (κ2) is 11.0. The molecule has 2 saturated heterocycles. The number of benzene rings is 1. The van der Waals surface area contributed by atoms with Crippen LogP contribution in [0.25, 0.3) is 0 Å². The number of piperidine rings is 1. The largest absolute Gasteiger partial charge is 0.491 e. The summed E-state index contributed by atoms with van der Waals surface area (Å²) in [6, 6.07) is 8.21. The molecule has 2 fully saturated rings. The summed E-state index contributed by atoms with van der Waals surface area (Å²) in [5.74, 6) is 2.46. The molecule has 0 saturated carbocycles. The van der Waals surface area contributed by atoms with Crippen LogP contribution in [0.15, 0.2) is 30.6 Å². The molecule has 0 bridgehead atoms. The van der Waals surface area contributed by atoms with Gasteiger partial charge in [-0.1, -0.05) is 24.6 Å². The van der Waals surface area contributed by atoms with Crippen molar-refractivity contribution in [2.75, 3.05) is 45.9 Å². The van der Waals surface area contributed by atoms with Gasteiger partial charge in [0.1, 0.15) is 24.5 Å². The Morgan fingerprint density at radius 2 is 2.00 bits per heavy atom. The van der Waals surface area contributed by atoms with E-state index >= 15 is 0 Å². The second-order valence-electron chi connectivity index (χ2n) is 10.6. The number of fused-ring (bicyclic) bond motifs is 1. The van der Waals surface area contributed by atoms with Gasteiger partial charge in [0.15, 0.2) is 0 Å². The molecule has 5 rings (SSSR count). The fourth-order valence-electron chi connectivity index (χ4n) is 6.02. The van der Waals surface area contributed by atoms with Crippen LogP contribution in [-0.4, -0.2) is 82.3 Å². The summed E-state index contributed by atoms with van der Waals surface area (Å²) in [5.41, 5.74) is 0.900. The third-order valence-electron chi connectivity index (χ3n) is 8.28. The van der Waals surface area contributed by atoms with Crippen LogP contribution in [0.1, 0.15) is 55.8 Å². The Labute approximate surface area is 213 Å². The molecule has 1 unspecified atom stereocenters. The predicted molar refractivity (Wildman–Crippen MR) is 136 cm³/mol. The van der Waals surface area contributed by atoms with Crippen molar-refractivity contribution in [1.82, 2.24) is 29.9 Å². The molecule has 3 aliphatic rings. The zero-order chi connectivity index (χ0) is 25.0. The van der Waals surface area contributed by atoms with Gasteiger partial charge in [-0.25, -0.2) is 0 Å². The summed E-state index contributed by atoms with van der Waals surface area (Å²) in [4.78, 5) is 30.5. The number of para-hydroxylation sites is 1. The molecule has 1 aromatic heterocycles. The Balaban J connectivity index is 1.14. The van der Waals surface area contributed by atoms with Gasteiger partial charge in [0, 0.05) is 26.1 Å². The van der Waals surface area contributed by atoms with E-state index in [1.165, 1.54) is 5.56 Å². The highest BCUT2D eigenvalue weighted by Gasteiger charge is 2.41. The minimum atomic E-state index is -0.345. The number of aromatic nitrogens is 3. The molecule has 9 heteroatoms. The number of carbonyl (C=O) groups excluding carboxylic acids is 2. The maximum absolute atomic E-state index is 13.3. The van der Waals surface area contributed by atoms with E-state index in [0.29, 0.717) is 26.2 Å². The van der Waals surface area contributed by atoms with Crippen molar-refractivity contribution in [2.24, 2.45) is 12.5 Å². The van der Waals surface area contributed by atoms with Crippen molar-refractivity contribution in [3.05, 3.63) is 42.0 Å². The number of nitrogens with one attached hydrogen (secondary N) is 1. The van der Waals surface area contributed by atoms with Crippen LogP contribution in [0.5, 0.6) is 5.75 Å². The lowest BCUT2D eigenvalue weighted by atomic mass is 9.73. The summed E-state index contributed by atoms with van der Waals surface area (Å²) in [7, 11) is 1.95. The number of aryl methyl sites for hydroxylation is 2. The molecule has 1 aromatic carbocycles. The van der Waals surface area contributed by atoms with Crippen molar-refractivity contribution >= 4 is 11.8 Å². The summed E-state index contributed by atoms with van der Waals surface area (Å²) in [6.07, 6.45) is 8.16. The van der Waals surface area contributed by atoms with Crippen molar-refractivity contribution in [3.63, 3.8) is 0 Å². The van der Waals surface area contributed by atoms with E-state index in [9.17, 15) is 9.59 Å². The third kappa shape index (κ3) is 5.40. The molecule has 194 valence electrons. The van der Waals surface area contributed by atoms with Crippen molar-refractivity contribution < 1.29 is 14.3 Å². The van der Waals surface area contributed by atoms with E-state index in [1.54, 1.807) is 6.33 Å². The molecule has 2 aromatic rings. The highest BCUT2D eigenvalue weighted by Crippen LogP contribution is 2.38. The van der Waals surface area contributed by atoms with Gasteiger partial charge >= 0.3 is 0 Å². The number of hydrogen-bond donors (Lipinski definition) is 1. The molecule has 2 amide bonds. The maximum Gasteiger partial charge on any atom is 0.236 e. The molecular formula is C27H38N6O3.